The van der Waals surface area contributed by atoms with Gasteiger partial charge in [0.2, 0.25) is 5.91 Å². The first-order chi connectivity index (χ1) is 8.66. The normalized spacial score (nSPS) is 38.2. The molecule has 0 aromatic rings. The van der Waals surface area contributed by atoms with Gasteiger partial charge in [-0.05, 0) is 12.8 Å². The minimum Gasteiger partial charge on any atom is -0.481 e. The molecule has 0 unspecified atom stereocenters. The first-order valence-corrected chi connectivity index (χ1v) is 6.54. The van der Waals surface area contributed by atoms with Crippen molar-refractivity contribution in [3.63, 3.8) is 0 Å². The molecule has 5 heteroatoms. The van der Waals surface area contributed by atoms with Crippen molar-refractivity contribution in [3.05, 3.63) is 12.2 Å². The first-order valence-electron chi connectivity index (χ1n) is 6.54. The van der Waals surface area contributed by atoms with Crippen LogP contribution < -0.4 is 5.32 Å². The summed E-state index contributed by atoms with van der Waals surface area (Å²) in [7, 11) is 0. The van der Waals surface area contributed by atoms with E-state index in [2.05, 4.69) is 5.32 Å². The van der Waals surface area contributed by atoms with Crippen molar-refractivity contribution in [1.82, 2.24) is 5.32 Å². The summed E-state index contributed by atoms with van der Waals surface area (Å²) < 4.78 is 5.49. The van der Waals surface area contributed by atoms with Crippen molar-refractivity contribution in [2.75, 3.05) is 0 Å². The van der Waals surface area contributed by atoms with E-state index in [4.69, 9.17) is 4.74 Å². The van der Waals surface area contributed by atoms with E-state index in [1.54, 1.807) is 6.08 Å². The van der Waals surface area contributed by atoms with Gasteiger partial charge in [-0.1, -0.05) is 25.0 Å². The van der Waals surface area contributed by atoms with Gasteiger partial charge in [-0.25, -0.2) is 0 Å². The van der Waals surface area contributed by atoms with E-state index in [-0.39, 0.29) is 18.1 Å². The van der Waals surface area contributed by atoms with E-state index >= 15 is 0 Å². The predicted octanol–water partition coefficient (Wildman–Crippen LogP) is 0.699. The van der Waals surface area contributed by atoms with Crippen LogP contribution in [0.5, 0.6) is 0 Å². The van der Waals surface area contributed by atoms with Crippen LogP contribution in [0.3, 0.4) is 0 Å². The number of ether oxygens (including phenoxy) is 1. The number of carboxylic acid groups (broad SMARTS) is 1. The Labute approximate surface area is 105 Å². The maximum atomic E-state index is 12.2. The number of rotatable bonds is 3. The van der Waals surface area contributed by atoms with Gasteiger partial charge in [0.25, 0.3) is 0 Å². The predicted molar refractivity (Wildman–Crippen MR) is 62.8 cm³/mol. The average Bonchev–Trinajstić information content (AvgIpc) is 3.03. The minimum atomic E-state index is -0.946. The topological polar surface area (TPSA) is 75.6 Å². The van der Waals surface area contributed by atoms with Gasteiger partial charge in [-0.15, -0.1) is 0 Å². The second-order valence-electron chi connectivity index (χ2n) is 5.33. The van der Waals surface area contributed by atoms with E-state index in [1.807, 2.05) is 6.08 Å². The summed E-state index contributed by atoms with van der Waals surface area (Å²) in [6.45, 7) is 0. The van der Waals surface area contributed by atoms with Gasteiger partial charge in [0.05, 0.1) is 18.1 Å². The molecule has 0 aromatic carbocycles. The van der Waals surface area contributed by atoms with Gasteiger partial charge < -0.3 is 15.2 Å². The Morgan fingerprint density at radius 3 is 2.33 bits per heavy atom. The second kappa shape index (κ2) is 4.39. The van der Waals surface area contributed by atoms with Crippen LogP contribution in [0.25, 0.3) is 0 Å². The highest BCUT2D eigenvalue weighted by molar-refractivity contribution is 5.87. The van der Waals surface area contributed by atoms with Gasteiger partial charge in [0, 0.05) is 6.04 Å². The molecule has 0 radical (unpaired) electrons. The Balaban J connectivity index is 1.71. The number of carbonyl (C=O) groups is 2. The highest BCUT2D eigenvalue weighted by Crippen LogP contribution is 2.39. The molecule has 1 saturated carbocycles. The molecule has 2 bridgehead atoms. The number of aliphatic carboxylic acids is 1. The van der Waals surface area contributed by atoms with Crippen molar-refractivity contribution in [2.24, 2.45) is 11.8 Å². The number of carboxylic acids is 1. The molecule has 2 fully saturated rings. The smallest absolute Gasteiger partial charge is 0.310 e. The van der Waals surface area contributed by atoms with Crippen molar-refractivity contribution in [3.8, 4) is 0 Å². The summed E-state index contributed by atoms with van der Waals surface area (Å²) in [5.41, 5.74) is 0. The van der Waals surface area contributed by atoms with Crippen molar-refractivity contribution in [1.29, 1.82) is 0 Å². The Morgan fingerprint density at radius 2 is 1.72 bits per heavy atom. The zero-order valence-corrected chi connectivity index (χ0v) is 10.0. The van der Waals surface area contributed by atoms with Crippen LogP contribution in [-0.2, 0) is 14.3 Å². The first kappa shape index (κ1) is 11.7. The van der Waals surface area contributed by atoms with E-state index in [0.717, 1.165) is 25.7 Å². The highest BCUT2D eigenvalue weighted by atomic mass is 16.5. The monoisotopic (exact) mass is 251 g/mol. The lowest BCUT2D eigenvalue weighted by Gasteiger charge is -2.23. The molecule has 1 amide bonds. The van der Waals surface area contributed by atoms with Crippen LogP contribution >= 0.6 is 0 Å². The molecule has 1 aliphatic carbocycles. The number of carbonyl (C=O) groups excluding carboxylic acids is 1. The quantitative estimate of drug-likeness (QED) is 0.724. The summed E-state index contributed by atoms with van der Waals surface area (Å²) in [6, 6.07) is 0.218. The van der Waals surface area contributed by atoms with Gasteiger partial charge >= 0.3 is 5.97 Å². The molecule has 2 aliphatic heterocycles. The third-order valence-corrected chi connectivity index (χ3v) is 4.19. The summed E-state index contributed by atoms with van der Waals surface area (Å²) in [5, 5.41) is 12.2. The molecule has 0 spiro atoms. The van der Waals surface area contributed by atoms with Gasteiger partial charge in [-0.2, -0.15) is 0 Å². The molecule has 98 valence electrons. The summed E-state index contributed by atoms with van der Waals surface area (Å²) in [4.78, 5) is 23.5. The number of amides is 1. The lowest BCUT2D eigenvalue weighted by Crippen LogP contribution is -2.45. The van der Waals surface area contributed by atoms with Crippen LogP contribution in [-0.4, -0.2) is 35.2 Å². The van der Waals surface area contributed by atoms with E-state index in [1.165, 1.54) is 0 Å². The van der Waals surface area contributed by atoms with Crippen LogP contribution in [0, 0.1) is 11.8 Å². The average molecular weight is 251 g/mol. The Bertz CT molecular complexity index is 400. The third-order valence-electron chi connectivity index (χ3n) is 4.19. The van der Waals surface area contributed by atoms with Crippen LogP contribution in [0.15, 0.2) is 12.2 Å². The molecular weight excluding hydrogens is 234 g/mol. The van der Waals surface area contributed by atoms with Crippen molar-refractivity contribution >= 4 is 11.9 Å². The lowest BCUT2D eigenvalue weighted by atomic mass is 9.82. The summed E-state index contributed by atoms with van der Waals surface area (Å²) in [5.74, 6) is -2.41. The Morgan fingerprint density at radius 1 is 1.11 bits per heavy atom. The van der Waals surface area contributed by atoms with E-state index in [9.17, 15) is 14.7 Å². The maximum absolute atomic E-state index is 12.2. The van der Waals surface area contributed by atoms with E-state index in [0.29, 0.717) is 0 Å². The molecule has 3 rings (SSSR count). The summed E-state index contributed by atoms with van der Waals surface area (Å²) in [6.07, 6.45) is 7.04. The molecule has 0 aromatic heterocycles. The third kappa shape index (κ3) is 1.82. The highest BCUT2D eigenvalue weighted by Gasteiger charge is 2.53. The molecule has 4 atom stereocenters. The molecule has 2 N–H and O–H groups in total. The van der Waals surface area contributed by atoms with Crippen LogP contribution in [0.2, 0.25) is 0 Å². The Kier molecular flexibility index (Phi) is 2.86. The van der Waals surface area contributed by atoms with Gasteiger partial charge in [0.1, 0.15) is 5.92 Å². The molecule has 18 heavy (non-hydrogen) atoms. The zero-order valence-electron chi connectivity index (χ0n) is 10.0. The molecule has 3 aliphatic rings. The van der Waals surface area contributed by atoms with Crippen LogP contribution in [0.1, 0.15) is 25.7 Å². The van der Waals surface area contributed by atoms with Gasteiger partial charge in [-0.3, -0.25) is 9.59 Å². The fourth-order valence-electron chi connectivity index (χ4n) is 3.28. The lowest BCUT2D eigenvalue weighted by molar-refractivity contribution is -0.146. The molecule has 1 saturated heterocycles. The second-order valence-corrected chi connectivity index (χ2v) is 5.33. The number of hydrogen-bond acceptors (Lipinski definition) is 3. The van der Waals surface area contributed by atoms with Crippen molar-refractivity contribution in [2.45, 2.75) is 43.9 Å². The van der Waals surface area contributed by atoms with Gasteiger partial charge in [0.15, 0.2) is 0 Å². The fourth-order valence-corrected chi connectivity index (χ4v) is 3.28. The molecule has 2 heterocycles. The SMILES string of the molecule is O=C(NC1CCCC1)[C@@H]1[C@H](C(=O)O)[C@@H]2C=C[C@H]1O2. The fraction of sp³-hybridized carbons (Fsp3) is 0.692. The largest absolute Gasteiger partial charge is 0.481 e. The maximum Gasteiger partial charge on any atom is 0.310 e. The number of nitrogens with one attached hydrogen (secondary N) is 1. The molecular formula is C13H17NO4. The van der Waals surface area contributed by atoms with Crippen molar-refractivity contribution < 1.29 is 19.4 Å². The Hall–Kier alpha value is -1.36. The zero-order chi connectivity index (χ0) is 12.7. The summed E-state index contributed by atoms with van der Waals surface area (Å²) >= 11 is 0. The number of hydrogen-bond donors (Lipinski definition) is 2. The minimum absolute atomic E-state index is 0.161. The number of fused-ring (bicyclic) bond motifs is 2. The van der Waals surface area contributed by atoms with Crippen LogP contribution in [0.4, 0.5) is 0 Å². The molecule has 5 nitrogen and oxygen atoms in total. The van der Waals surface area contributed by atoms with E-state index < -0.39 is 23.9 Å². The standard InChI is InChI=1S/C13H17NO4/c15-12(14-7-3-1-2-4-7)10-8-5-6-9(18-8)11(10)13(16)17/h5-11H,1-4H2,(H,14,15)(H,16,17)/t8-,9+,10+,11-/m1/s1.